The summed E-state index contributed by atoms with van der Waals surface area (Å²) in [6.45, 7) is 4.09. The van der Waals surface area contributed by atoms with Gasteiger partial charge in [0.05, 0.1) is 33.9 Å². The number of hydrogen-bond acceptors (Lipinski definition) is 7. The highest BCUT2D eigenvalue weighted by atomic mass is 16.5. The van der Waals surface area contributed by atoms with E-state index in [1.165, 1.54) is 13.2 Å². The van der Waals surface area contributed by atoms with E-state index >= 15 is 0 Å². The van der Waals surface area contributed by atoms with Gasteiger partial charge in [0.2, 0.25) is 0 Å². The zero-order valence-corrected chi connectivity index (χ0v) is 17.0. The van der Waals surface area contributed by atoms with Crippen LogP contribution in [0.3, 0.4) is 0 Å². The van der Waals surface area contributed by atoms with Crippen LogP contribution < -0.4 is 4.74 Å². The summed E-state index contributed by atoms with van der Waals surface area (Å²) in [5, 5.41) is 0. The van der Waals surface area contributed by atoms with Crippen molar-refractivity contribution in [3.63, 3.8) is 0 Å². The van der Waals surface area contributed by atoms with Crippen molar-refractivity contribution in [3.05, 3.63) is 48.1 Å². The van der Waals surface area contributed by atoms with Gasteiger partial charge in [0.1, 0.15) is 5.75 Å². The Bertz CT molecular complexity index is 704. The van der Waals surface area contributed by atoms with Gasteiger partial charge in [-0.1, -0.05) is 18.7 Å². The van der Waals surface area contributed by atoms with Crippen LogP contribution >= 0.6 is 0 Å². The zero-order chi connectivity index (χ0) is 21.5. The number of hydrogen-bond donors (Lipinski definition) is 0. The summed E-state index contributed by atoms with van der Waals surface area (Å²) in [6.07, 6.45) is 5.99. The molecule has 0 unspecified atom stereocenters. The van der Waals surface area contributed by atoms with Gasteiger partial charge in [0.15, 0.2) is 0 Å². The first kappa shape index (κ1) is 23.9. The first-order valence-corrected chi connectivity index (χ1v) is 9.37. The van der Waals surface area contributed by atoms with Gasteiger partial charge in [-0.2, -0.15) is 0 Å². The zero-order valence-electron chi connectivity index (χ0n) is 17.0. The Morgan fingerprint density at radius 1 is 0.931 bits per heavy atom. The van der Waals surface area contributed by atoms with Crippen LogP contribution in [0.1, 0.15) is 37.7 Å². The summed E-state index contributed by atoms with van der Waals surface area (Å²) in [7, 11) is 2.84. The molecule has 0 N–H and O–H groups in total. The maximum atomic E-state index is 11.7. The van der Waals surface area contributed by atoms with Crippen molar-refractivity contribution in [2.45, 2.75) is 32.1 Å². The molecule has 0 aliphatic carbocycles. The molecule has 1 aromatic rings. The van der Waals surface area contributed by atoms with Gasteiger partial charge in [-0.15, -0.1) is 0 Å². The van der Waals surface area contributed by atoms with Crippen molar-refractivity contribution >= 4 is 24.0 Å². The Balaban J connectivity index is 2.06. The summed E-state index contributed by atoms with van der Waals surface area (Å²) in [4.78, 5) is 34.3. The maximum absolute atomic E-state index is 11.7. The van der Waals surface area contributed by atoms with Crippen LogP contribution in [0.2, 0.25) is 0 Å². The standard InChI is InChI=1S/C22H28O7/c1-17(16-21(24)27-3)22(25)29-15-7-5-4-6-14-28-20(23)13-10-18-8-11-19(26-2)12-9-18/h8-13H,1,4-7,14-16H2,2-3H3/b13-10+. The van der Waals surface area contributed by atoms with E-state index in [0.29, 0.717) is 13.0 Å². The van der Waals surface area contributed by atoms with Gasteiger partial charge in [-0.25, -0.2) is 9.59 Å². The van der Waals surface area contributed by atoms with Crippen LogP contribution in [0.15, 0.2) is 42.5 Å². The average molecular weight is 404 g/mol. The van der Waals surface area contributed by atoms with Crippen LogP contribution in [0.4, 0.5) is 0 Å². The molecular weight excluding hydrogens is 376 g/mol. The average Bonchev–Trinajstić information content (AvgIpc) is 2.73. The molecule has 0 radical (unpaired) electrons. The lowest BCUT2D eigenvalue weighted by Crippen LogP contribution is -2.12. The van der Waals surface area contributed by atoms with Crippen molar-refractivity contribution in [2.24, 2.45) is 0 Å². The number of unbranched alkanes of at least 4 members (excludes halogenated alkanes) is 3. The molecule has 0 amide bonds. The Morgan fingerprint density at radius 3 is 2.14 bits per heavy atom. The third kappa shape index (κ3) is 10.7. The molecule has 7 nitrogen and oxygen atoms in total. The van der Waals surface area contributed by atoms with Crippen molar-refractivity contribution in [1.82, 2.24) is 0 Å². The summed E-state index contributed by atoms with van der Waals surface area (Å²) in [5.74, 6) is -0.752. The summed E-state index contributed by atoms with van der Waals surface area (Å²) >= 11 is 0. The molecule has 0 atom stereocenters. The van der Waals surface area contributed by atoms with Gasteiger partial charge in [0.25, 0.3) is 0 Å². The number of rotatable bonds is 13. The largest absolute Gasteiger partial charge is 0.497 e. The molecule has 0 fully saturated rings. The fourth-order valence-corrected chi connectivity index (χ4v) is 2.24. The van der Waals surface area contributed by atoms with Gasteiger partial charge >= 0.3 is 17.9 Å². The Kier molecular flexibility index (Phi) is 11.5. The minimum atomic E-state index is -0.590. The van der Waals surface area contributed by atoms with Gasteiger partial charge in [0, 0.05) is 11.6 Å². The lowest BCUT2D eigenvalue weighted by molar-refractivity contribution is -0.144. The van der Waals surface area contributed by atoms with Crippen LogP contribution in [0.25, 0.3) is 6.08 Å². The molecule has 7 heteroatoms. The van der Waals surface area contributed by atoms with E-state index in [1.807, 2.05) is 24.3 Å². The van der Waals surface area contributed by atoms with Crippen molar-refractivity contribution in [2.75, 3.05) is 27.4 Å². The predicted molar refractivity (Wildman–Crippen MR) is 108 cm³/mol. The second kappa shape index (κ2) is 14.0. The minimum Gasteiger partial charge on any atom is -0.497 e. The molecule has 0 aliphatic heterocycles. The van der Waals surface area contributed by atoms with Gasteiger partial charge in [-0.3, -0.25) is 4.79 Å². The van der Waals surface area contributed by atoms with E-state index in [1.54, 1.807) is 13.2 Å². The number of ether oxygens (including phenoxy) is 4. The fourth-order valence-electron chi connectivity index (χ4n) is 2.24. The third-order valence-corrected chi connectivity index (χ3v) is 3.92. The smallest absolute Gasteiger partial charge is 0.333 e. The molecular formula is C22H28O7. The highest BCUT2D eigenvalue weighted by Gasteiger charge is 2.13. The highest BCUT2D eigenvalue weighted by Crippen LogP contribution is 2.12. The summed E-state index contributed by atoms with van der Waals surface area (Å²) in [5.41, 5.74) is 0.957. The number of esters is 3. The SMILES string of the molecule is C=C(CC(=O)OC)C(=O)OCCCCCCOC(=O)/C=C/c1ccc(OC)cc1. The first-order valence-electron chi connectivity index (χ1n) is 9.37. The summed E-state index contributed by atoms with van der Waals surface area (Å²) < 4.78 is 19.7. The predicted octanol–water partition coefficient (Wildman–Crippen LogP) is 3.47. The first-order chi connectivity index (χ1) is 14.0. The van der Waals surface area contributed by atoms with Gasteiger partial charge in [-0.05, 0) is 49.5 Å². The van der Waals surface area contributed by atoms with E-state index in [-0.39, 0.29) is 24.6 Å². The molecule has 1 rings (SSSR count). The number of benzene rings is 1. The van der Waals surface area contributed by atoms with Crippen LogP contribution in [0.5, 0.6) is 5.75 Å². The lowest BCUT2D eigenvalue weighted by atomic mass is 10.2. The van der Waals surface area contributed by atoms with E-state index in [0.717, 1.165) is 30.6 Å². The van der Waals surface area contributed by atoms with E-state index in [4.69, 9.17) is 14.2 Å². The molecule has 1 aromatic carbocycles. The topological polar surface area (TPSA) is 88.1 Å². The molecule has 29 heavy (non-hydrogen) atoms. The molecule has 0 aliphatic rings. The Labute approximate surface area is 171 Å². The van der Waals surface area contributed by atoms with Crippen LogP contribution in [-0.2, 0) is 28.6 Å². The van der Waals surface area contributed by atoms with Gasteiger partial charge < -0.3 is 18.9 Å². The molecule has 0 aromatic heterocycles. The molecule has 0 heterocycles. The number of carbonyl (C=O) groups is 3. The van der Waals surface area contributed by atoms with E-state index < -0.39 is 11.9 Å². The monoisotopic (exact) mass is 404 g/mol. The second-order valence-corrected chi connectivity index (χ2v) is 6.18. The van der Waals surface area contributed by atoms with Crippen molar-refractivity contribution in [1.29, 1.82) is 0 Å². The third-order valence-electron chi connectivity index (χ3n) is 3.92. The molecule has 0 spiro atoms. The van der Waals surface area contributed by atoms with E-state index in [2.05, 4.69) is 11.3 Å². The van der Waals surface area contributed by atoms with E-state index in [9.17, 15) is 14.4 Å². The number of methoxy groups -OCH3 is 2. The molecule has 158 valence electrons. The maximum Gasteiger partial charge on any atom is 0.333 e. The van der Waals surface area contributed by atoms with Crippen LogP contribution in [-0.4, -0.2) is 45.3 Å². The quantitative estimate of drug-likeness (QED) is 0.215. The van der Waals surface area contributed by atoms with Crippen molar-refractivity contribution in [3.8, 4) is 5.75 Å². The molecule has 0 bridgehead atoms. The lowest BCUT2D eigenvalue weighted by Gasteiger charge is -2.06. The fraction of sp³-hybridized carbons (Fsp3) is 0.409. The number of carbonyl (C=O) groups excluding carboxylic acids is 3. The Hall–Kier alpha value is -3.09. The molecule has 0 saturated heterocycles. The summed E-state index contributed by atoms with van der Waals surface area (Å²) in [6, 6.07) is 7.33. The minimum absolute atomic E-state index is 0.0754. The van der Waals surface area contributed by atoms with Crippen LogP contribution in [0, 0.1) is 0 Å². The van der Waals surface area contributed by atoms with Crippen molar-refractivity contribution < 1.29 is 33.3 Å². The second-order valence-electron chi connectivity index (χ2n) is 6.18. The highest BCUT2D eigenvalue weighted by molar-refractivity contribution is 5.93. The Morgan fingerprint density at radius 2 is 1.55 bits per heavy atom. The normalized spacial score (nSPS) is 10.4. The molecule has 0 saturated carbocycles.